The fraction of sp³-hybridized carbons (Fsp3) is 0.538. The Kier molecular flexibility index (Phi) is 4.15. The van der Waals surface area contributed by atoms with Crippen molar-refractivity contribution in [1.82, 2.24) is 9.88 Å². The van der Waals surface area contributed by atoms with Crippen molar-refractivity contribution < 1.29 is 9.53 Å². The number of ether oxygens (including phenoxy) is 1. The third-order valence-electron chi connectivity index (χ3n) is 2.98. The average Bonchev–Trinajstić information content (AvgIpc) is 2.39. The molecule has 1 aliphatic rings. The third kappa shape index (κ3) is 3.20. The number of aromatic nitrogens is 1. The predicted octanol–water partition coefficient (Wildman–Crippen LogP) is 1.37. The van der Waals surface area contributed by atoms with Gasteiger partial charge in [0.2, 0.25) is 0 Å². The van der Waals surface area contributed by atoms with Gasteiger partial charge < -0.3 is 15.0 Å². The number of nitrogens with one attached hydrogen (secondary N) is 1. The molecule has 1 aliphatic heterocycles. The molecule has 5 nitrogen and oxygen atoms in total. The molecule has 0 spiro atoms. The van der Waals surface area contributed by atoms with Crippen LogP contribution in [0.4, 0.5) is 5.69 Å². The summed E-state index contributed by atoms with van der Waals surface area (Å²) in [5.41, 5.74) is 1.42. The number of rotatable bonds is 3. The first-order chi connectivity index (χ1) is 8.66. The number of hydrogen-bond acceptors (Lipinski definition) is 4. The molecular weight excluding hydrogens is 230 g/mol. The number of pyridine rings is 1. The van der Waals surface area contributed by atoms with Crippen LogP contribution in [0.2, 0.25) is 0 Å². The molecule has 1 saturated heterocycles. The van der Waals surface area contributed by atoms with Gasteiger partial charge in [0.05, 0.1) is 0 Å². The van der Waals surface area contributed by atoms with Gasteiger partial charge in [-0.15, -0.1) is 0 Å². The standard InChI is InChI=1S/C13H19N3O2/c1-16(2)13(17)12-9-11(3-6-14-12)15-10-4-7-18-8-5-10/h3,6,9-10H,4-5,7-8H2,1-2H3,(H,14,15). The Bertz CT molecular complexity index is 414. The lowest BCUT2D eigenvalue weighted by atomic mass is 10.1. The van der Waals surface area contributed by atoms with Crippen molar-refractivity contribution >= 4 is 11.6 Å². The molecule has 0 atom stereocenters. The highest BCUT2D eigenvalue weighted by Crippen LogP contribution is 2.15. The Morgan fingerprint density at radius 1 is 1.44 bits per heavy atom. The molecule has 2 heterocycles. The van der Waals surface area contributed by atoms with E-state index in [1.165, 1.54) is 4.90 Å². The molecule has 0 aliphatic carbocycles. The zero-order valence-corrected chi connectivity index (χ0v) is 10.8. The number of amides is 1. The van der Waals surface area contributed by atoms with Crippen LogP contribution < -0.4 is 5.32 Å². The first kappa shape index (κ1) is 12.8. The van der Waals surface area contributed by atoms with Gasteiger partial charge in [0.1, 0.15) is 5.69 Å². The quantitative estimate of drug-likeness (QED) is 0.879. The van der Waals surface area contributed by atoms with Crippen LogP contribution in [-0.2, 0) is 4.74 Å². The summed E-state index contributed by atoms with van der Waals surface area (Å²) in [7, 11) is 3.45. The van der Waals surface area contributed by atoms with E-state index in [0.717, 1.165) is 31.7 Å². The summed E-state index contributed by atoms with van der Waals surface area (Å²) in [5.74, 6) is -0.0781. The normalized spacial score (nSPS) is 16.3. The van der Waals surface area contributed by atoms with E-state index in [9.17, 15) is 4.79 Å². The van der Waals surface area contributed by atoms with Crippen LogP contribution in [0.15, 0.2) is 18.3 Å². The van der Waals surface area contributed by atoms with Gasteiger partial charge in [0.25, 0.3) is 5.91 Å². The molecule has 1 N–H and O–H groups in total. The highest BCUT2D eigenvalue weighted by atomic mass is 16.5. The van der Waals surface area contributed by atoms with Crippen molar-refractivity contribution in [3.8, 4) is 0 Å². The van der Waals surface area contributed by atoms with Crippen molar-refractivity contribution in [2.45, 2.75) is 18.9 Å². The van der Waals surface area contributed by atoms with Crippen LogP contribution in [0.5, 0.6) is 0 Å². The van der Waals surface area contributed by atoms with Gasteiger partial charge in [-0.1, -0.05) is 0 Å². The van der Waals surface area contributed by atoms with E-state index in [0.29, 0.717) is 11.7 Å². The summed E-state index contributed by atoms with van der Waals surface area (Å²) in [4.78, 5) is 17.4. The first-order valence-electron chi connectivity index (χ1n) is 6.19. The number of nitrogens with zero attached hydrogens (tertiary/aromatic N) is 2. The highest BCUT2D eigenvalue weighted by Gasteiger charge is 2.15. The van der Waals surface area contributed by atoms with E-state index in [2.05, 4.69) is 10.3 Å². The summed E-state index contributed by atoms with van der Waals surface area (Å²) in [5, 5.41) is 3.42. The molecule has 98 valence electrons. The lowest BCUT2D eigenvalue weighted by Gasteiger charge is -2.24. The predicted molar refractivity (Wildman–Crippen MR) is 69.7 cm³/mol. The second-order valence-corrected chi connectivity index (χ2v) is 4.66. The largest absolute Gasteiger partial charge is 0.382 e. The minimum absolute atomic E-state index is 0.0781. The van der Waals surface area contributed by atoms with E-state index < -0.39 is 0 Å². The van der Waals surface area contributed by atoms with Crippen molar-refractivity contribution in [2.24, 2.45) is 0 Å². The summed E-state index contributed by atoms with van der Waals surface area (Å²) in [6.45, 7) is 1.60. The minimum Gasteiger partial charge on any atom is -0.382 e. The van der Waals surface area contributed by atoms with Crippen LogP contribution in [0.3, 0.4) is 0 Å². The minimum atomic E-state index is -0.0781. The fourth-order valence-electron chi connectivity index (χ4n) is 1.94. The molecule has 1 fully saturated rings. The zero-order valence-electron chi connectivity index (χ0n) is 10.8. The Balaban J connectivity index is 2.04. The van der Waals surface area contributed by atoms with Crippen molar-refractivity contribution in [2.75, 3.05) is 32.6 Å². The fourth-order valence-corrected chi connectivity index (χ4v) is 1.94. The van der Waals surface area contributed by atoms with Crippen molar-refractivity contribution in [3.05, 3.63) is 24.0 Å². The van der Waals surface area contributed by atoms with Crippen LogP contribution >= 0.6 is 0 Å². The second kappa shape index (κ2) is 5.82. The van der Waals surface area contributed by atoms with Gasteiger partial charge in [-0.25, -0.2) is 0 Å². The van der Waals surface area contributed by atoms with E-state index in [4.69, 9.17) is 4.74 Å². The molecule has 18 heavy (non-hydrogen) atoms. The van der Waals surface area contributed by atoms with Gasteiger partial charge in [0.15, 0.2) is 0 Å². The highest BCUT2D eigenvalue weighted by molar-refractivity contribution is 5.92. The lowest BCUT2D eigenvalue weighted by molar-refractivity contribution is 0.0821. The van der Waals surface area contributed by atoms with Gasteiger partial charge in [-0.05, 0) is 25.0 Å². The number of carbonyl (C=O) groups excluding carboxylic acids is 1. The maximum Gasteiger partial charge on any atom is 0.272 e. The molecule has 0 aromatic carbocycles. The van der Waals surface area contributed by atoms with E-state index in [1.54, 1.807) is 26.4 Å². The summed E-state index contributed by atoms with van der Waals surface area (Å²) < 4.78 is 5.32. The lowest BCUT2D eigenvalue weighted by Crippen LogP contribution is -2.28. The average molecular weight is 249 g/mol. The molecule has 1 aromatic rings. The molecular formula is C13H19N3O2. The van der Waals surface area contributed by atoms with Gasteiger partial charge in [-0.2, -0.15) is 0 Å². The van der Waals surface area contributed by atoms with Crippen molar-refractivity contribution in [3.63, 3.8) is 0 Å². The molecule has 1 amide bonds. The summed E-state index contributed by atoms with van der Waals surface area (Å²) >= 11 is 0. The molecule has 2 rings (SSSR count). The van der Waals surface area contributed by atoms with Gasteiger partial charge in [0, 0.05) is 45.2 Å². The SMILES string of the molecule is CN(C)C(=O)c1cc(NC2CCOCC2)ccn1. The molecule has 0 bridgehead atoms. The van der Waals surface area contributed by atoms with Gasteiger partial charge in [-0.3, -0.25) is 9.78 Å². The van der Waals surface area contributed by atoms with E-state index in [1.807, 2.05) is 6.07 Å². The number of hydrogen-bond donors (Lipinski definition) is 1. The molecule has 1 aromatic heterocycles. The first-order valence-corrected chi connectivity index (χ1v) is 6.19. The smallest absolute Gasteiger partial charge is 0.272 e. The van der Waals surface area contributed by atoms with Gasteiger partial charge >= 0.3 is 0 Å². The Morgan fingerprint density at radius 3 is 2.83 bits per heavy atom. The monoisotopic (exact) mass is 249 g/mol. The maximum absolute atomic E-state index is 11.8. The van der Waals surface area contributed by atoms with E-state index >= 15 is 0 Å². The topological polar surface area (TPSA) is 54.5 Å². The van der Waals surface area contributed by atoms with Crippen LogP contribution in [0.1, 0.15) is 23.3 Å². The van der Waals surface area contributed by atoms with E-state index in [-0.39, 0.29) is 5.91 Å². The third-order valence-corrected chi connectivity index (χ3v) is 2.98. The summed E-state index contributed by atoms with van der Waals surface area (Å²) in [6.07, 6.45) is 3.66. The number of anilines is 1. The maximum atomic E-state index is 11.8. The molecule has 5 heteroatoms. The van der Waals surface area contributed by atoms with Crippen LogP contribution in [0.25, 0.3) is 0 Å². The second-order valence-electron chi connectivity index (χ2n) is 4.66. The Hall–Kier alpha value is -1.62. The zero-order chi connectivity index (χ0) is 13.0. The number of carbonyl (C=O) groups is 1. The molecule has 0 saturated carbocycles. The van der Waals surface area contributed by atoms with Crippen LogP contribution in [-0.4, -0.2) is 49.1 Å². The summed E-state index contributed by atoms with van der Waals surface area (Å²) in [6, 6.07) is 4.11. The molecule has 0 radical (unpaired) electrons. The van der Waals surface area contributed by atoms with Crippen LogP contribution in [0, 0.1) is 0 Å². The Labute approximate surface area is 107 Å². The van der Waals surface area contributed by atoms with Crippen molar-refractivity contribution in [1.29, 1.82) is 0 Å². The Morgan fingerprint density at radius 2 is 2.17 bits per heavy atom. The molecule has 0 unspecified atom stereocenters.